The van der Waals surface area contributed by atoms with Gasteiger partial charge in [-0.2, -0.15) is 5.10 Å². The van der Waals surface area contributed by atoms with Gasteiger partial charge in [-0.3, -0.25) is 19.5 Å². The second kappa shape index (κ2) is 8.33. The van der Waals surface area contributed by atoms with Crippen molar-refractivity contribution >= 4 is 23.5 Å². The molecule has 0 atom stereocenters. The van der Waals surface area contributed by atoms with Gasteiger partial charge in [-0.15, -0.1) is 0 Å². The van der Waals surface area contributed by atoms with Crippen LogP contribution in [0.4, 0.5) is 5.82 Å². The van der Waals surface area contributed by atoms with E-state index in [0.717, 1.165) is 44.2 Å². The molecular weight excluding hydrogens is 334 g/mol. The van der Waals surface area contributed by atoms with Crippen molar-refractivity contribution in [2.75, 3.05) is 11.9 Å². The zero-order valence-corrected chi connectivity index (χ0v) is 15.1. The molecule has 0 aliphatic heterocycles. The Morgan fingerprint density at radius 3 is 2.62 bits per heavy atom. The fourth-order valence-electron chi connectivity index (χ4n) is 3.75. The van der Waals surface area contributed by atoms with E-state index in [4.69, 9.17) is 0 Å². The molecule has 1 aromatic rings. The third kappa shape index (κ3) is 4.83. The van der Waals surface area contributed by atoms with E-state index in [1.165, 1.54) is 13.3 Å². The highest BCUT2D eigenvalue weighted by atomic mass is 16.2. The minimum absolute atomic E-state index is 0.0127. The SMILES string of the molecule is CC(=O)NC1CC(c2cc(NC(=O)CNC(=O)C3CCCCC3)n[nH]2)C1. The zero-order chi connectivity index (χ0) is 18.5. The molecule has 0 aromatic carbocycles. The Labute approximate surface area is 152 Å². The molecule has 3 amide bonds. The number of rotatable bonds is 6. The maximum Gasteiger partial charge on any atom is 0.244 e. The first-order chi connectivity index (χ1) is 12.5. The van der Waals surface area contributed by atoms with E-state index in [-0.39, 0.29) is 36.2 Å². The third-order valence-corrected chi connectivity index (χ3v) is 5.25. The maximum absolute atomic E-state index is 12.1. The van der Waals surface area contributed by atoms with Crippen LogP contribution in [-0.4, -0.2) is 40.5 Å². The molecule has 2 saturated carbocycles. The van der Waals surface area contributed by atoms with Crippen LogP contribution in [0.25, 0.3) is 0 Å². The smallest absolute Gasteiger partial charge is 0.244 e. The van der Waals surface area contributed by atoms with Crippen molar-refractivity contribution in [2.45, 2.75) is 63.8 Å². The largest absolute Gasteiger partial charge is 0.354 e. The predicted octanol–water partition coefficient (Wildman–Crippen LogP) is 1.43. The normalized spacial score (nSPS) is 23.0. The molecule has 4 N–H and O–H groups in total. The molecule has 0 radical (unpaired) electrons. The number of carbonyl (C=O) groups excluding carboxylic acids is 3. The molecule has 2 fully saturated rings. The highest BCUT2D eigenvalue weighted by Crippen LogP contribution is 2.36. The van der Waals surface area contributed by atoms with Gasteiger partial charge in [0, 0.05) is 36.6 Å². The molecule has 8 nitrogen and oxygen atoms in total. The van der Waals surface area contributed by atoms with Gasteiger partial charge in [-0.05, 0) is 25.7 Å². The zero-order valence-electron chi connectivity index (χ0n) is 15.1. The molecule has 26 heavy (non-hydrogen) atoms. The van der Waals surface area contributed by atoms with Crippen LogP contribution in [0.5, 0.6) is 0 Å². The van der Waals surface area contributed by atoms with Crippen LogP contribution >= 0.6 is 0 Å². The monoisotopic (exact) mass is 361 g/mol. The van der Waals surface area contributed by atoms with E-state index in [1.807, 2.05) is 6.07 Å². The highest BCUT2D eigenvalue weighted by Gasteiger charge is 2.32. The minimum Gasteiger partial charge on any atom is -0.354 e. The average Bonchev–Trinajstić information content (AvgIpc) is 3.04. The second-order valence-corrected chi connectivity index (χ2v) is 7.38. The van der Waals surface area contributed by atoms with E-state index in [0.29, 0.717) is 11.7 Å². The number of hydrogen-bond acceptors (Lipinski definition) is 4. The molecule has 1 heterocycles. The lowest BCUT2D eigenvalue weighted by Gasteiger charge is -2.34. The lowest BCUT2D eigenvalue weighted by Crippen LogP contribution is -2.42. The van der Waals surface area contributed by atoms with Crippen molar-refractivity contribution in [3.05, 3.63) is 11.8 Å². The summed E-state index contributed by atoms with van der Waals surface area (Å²) in [6.07, 6.45) is 6.93. The van der Waals surface area contributed by atoms with Gasteiger partial charge in [0.15, 0.2) is 5.82 Å². The van der Waals surface area contributed by atoms with Gasteiger partial charge in [0.1, 0.15) is 0 Å². The molecule has 0 bridgehead atoms. The summed E-state index contributed by atoms with van der Waals surface area (Å²) >= 11 is 0. The fourth-order valence-corrected chi connectivity index (χ4v) is 3.75. The molecule has 0 saturated heterocycles. The quantitative estimate of drug-likeness (QED) is 0.613. The van der Waals surface area contributed by atoms with Gasteiger partial charge >= 0.3 is 0 Å². The molecule has 1 aromatic heterocycles. The van der Waals surface area contributed by atoms with Crippen LogP contribution in [0.1, 0.15) is 63.5 Å². The van der Waals surface area contributed by atoms with E-state index in [2.05, 4.69) is 26.1 Å². The summed E-state index contributed by atoms with van der Waals surface area (Å²) in [6, 6.07) is 2.03. The number of aromatic nitrogens is 2. The summed E-state index contributed by atoms with van der Waals surface area (Å²) in [5.41, 5.74) is 0.952. The lowest BCUT2D eigenvalue weighted by atomic mass is 9.78. The number of aromatic amines is 1. The van der Waals surface area contributed by atoms with Crippen molar-refractivity contribution in [1.29, 1.82) is 0 Å². The number of carbonyl (C=O) groups is 3. The molecule has 0 spiro atoms. The third-order valence-electron chi connectivity index (χ3n) is 5.25. The van der Waals surface area contributed by atoms with Gasteiger partial charge in [0.05, 0.1) is 6.54 Å². The van der Waals surface area contributed by atoms with Crippen LogP contribution < -0.4 is 16.0 Å². The van der Waals surface area contributed by atoms with Crippen molar-refractivity contribution in [1.82, 2.24) is 20.8 Å². The van der Waals surface area contributed by atoms with Gasteiger partial charge in [0.2, 0.25) is 17.7 Å². The molecule has 3 rings (SSSR count). The molecule has 2 aliphatic rings. The van der Waals surface area contributed by atoms with Gasteiger partial charge in [-0.1, -0.05) is 19.3 Å². The summed E-state index contributed by atoms with van der Waals surface area (Å²) < 4.78 is 0. The minimum atomic E-state index is -0.281. The van der Waals surface area contributed by atoms with E-state index in [9.17, 15) is 14.4 Å². The summed E-state index contributed by atoms with van der Waals surface area (Å²) in [5, 5.41) is 15.4. The topological polar surface area (TPSA) is 116 Å². The van der Waals surface area contributed by atoms with E-state index in [1.54, 1.807) is 0 Å². The van der Waals surface area contributed by atoms with Gasteiger partial charge < -0.3 is 16.0 Å². The Morgan fingerprint density at radius 2 is 1.92 bits per heavy atom. The van der Waals surface area contributed by atoms with Crippen molar-refractivity contribution in [3.63, 3.8) is 0 Å². The Kier molecular flexibility index (Phi) is 5.90. The van der Waals surface area contributed by atoms with E-state index < -0.39 is 0 Å². The lowest BCUT2D eigenvalue weighted by molar-refractivity contribution is -0.128. The first-order valence-corrected chi connectivity index (χ1v) is 9.41. The Morgan fingerprint density at radius 1 is 1.19 bits per heavy atom. The summed E-state index contributed by atoms with van der Waals surface area (Å²) in [6.45, 7) is 1.48. The molecular formula is C18H27N5O3. The standard InChI is InChI=1S/C18H27N5O3/c1-11(24)20-14-7-13(8-14)15-9-16(23-22-15)21-17(25)10-19-18(26)12-5-3-2-4-6-12/h9,12-14H,2-8,10H2,1H3,(H,19,26)(H,20,24)(H2,21,22,23,25). The van der Waals surface area contributed by atoms with Crippen LogP contribution in [0.15, 0.2) is 6.07 Å². The Hall–Kier alpha value is -2.38. The summed E-state index contributed by atoms with van der Waals surface area (Å²) in [4.78, 5) is 35.1. The summed E-state index contributed by atoms with van der Waals surface area (Å²) in [5.74, 6) is 0.499. The van der Waals surface area contributed by atoms with Crippen LogP contribution in [0, 0.1) is 5.92 Å². The second-order valence-electron chi connectivity index (χ2n) is 7.38. The number of nitrogens with zero attached hydrogens (tertiary/aromatic N) is 1. The number of anilines is 1. The van der Waals surface area contributed by atoms with E-state index >= 15 is 0 Å². The number of hydrogen-bond donors (Lipinski definition) is 4. The first-order valence-electron chi connectivity index (χ1n) is 9.41. The molecule has 142 valence electrons. The highest BCUT2D eigenvalue weighted by molar-refractivity contribution is 5.94. The van der Waals surface area contributed by atoms with Crippen LogP contribution in [0.2, 0.25) is 0 Å². The first kappa shape index (κ1) is 18.4. The van der Waals surface area contributed by atoms with Crippen LogP contribution in [-0.2, 0) is 14.4 Å². The van der Waals surface area contributed by atoms with Crippen molar-refractivity contribution in [3.8, 4) is 0 Å². The average molecular weight is 361 g/mol. The molecule has 2 aliphatic carbocycles. The van der Waals surface area contributed by atoms with Gasteiger partial charge in [0.25, 0.3) is 0 Å². The number of nitrogens with one attached hydrogen (secondary N) is 4. The predicted molar refractivity (Wildman–Crippen MR) is 96.4 cm³/mol. The molecule has 0 unspecified atom stereocenters. The number of H-pyrrole nitrogens is 1. The Balaban J connectivity index is 1.39. The Bertz CT molecular complexity index is 660. The van der Waals surface area contributed by atoms with Crippen molar-refractivity contribution in [2.24, 2.45) is 5.92 Å². The maximum atomic E-state index is 12.1. The van der Waals surface area contributed by atoms with Gasteiger partial charge in [-0.25, -0.2) is 0 Å². The fraction of sp³-hybridized carbons (Fsp3) is 0.667. The number of amides is 3. The van der Waals surface area contributed by atoms with Crippen LogP contribution in [0.3, 0.4) is 0 Å². The summed E-state index contributed by atoms with van der Waals surface area (Å²) in [7, 11) is 0. The van der Waals surface area contributed by atoms with Crippen molar-refractivity contribution < 1.29 is 14.4 Å². The molecule has 8 heteroatoms.